The van der Waals surface area contributed by atoms with Gasteiger partial charge in [-0.2, -0.15) is 0 Å². The van der Waals surface area contributed by atoms with Gasteiger partial charge in [-0.05, 0) is 24.6 Å². The molecule has 0 saturated carbocycles. The van der Waals surface area contributed by atoms with E-state index in [0.29, 0.717) is 11.6 Å². The summed E-state index contributed by atoms with van der Waals surface area (Å²) in [6, 6.07) is 6.83. The van der Waals surface area contributed by atoms with Crippen LogP contribution >= 0.6 is 11.6 Å². The molecule has 0 aliphatic carbocycles. The van der Waals surface area contributed by atoms with Crippen LogP contribution in [0.15, 0.2) is 24.3 Å². The van der Waals surface area contributed by atoms with Crippen LogP contribution in [-0.2, 0) is 9.53 Å². The zero-order valence-electron chi connectivity index (χ0n) is 9.94. The summed E-state index contributed by atoms with van der Waals surface area (Å²) in [7, 11) is 1.59. The second kappa shape index (κ2) is 6.59. The Labute approximate surface area is 106 Å². The zero-order chi connectivity index (χ0) is 12.8. The number of ether oxygens (including phenoxy) is 1. The third-order valence-corrected chi connectivity index (χ3v) is 2.62. The third-order valence-electron chi connectivity index (χ3n) is 2.38. The molecule has 1 aromatic carbocycles. The van der Waals surface area contributed by atoms with E-state index in [2.05, 4.69) is 5.32 Å². The number of nitrogens with two attached hydrogens (primary N) is 1. The number of hydrogen-bond acceptors (Lipinski definition) is 3. The molecule has 0 radical (unpaired) electrons. The minimum absolute atomic E-state index is 0.200. The van der Waals surface area contributed by atoms with Crippen LogP contribution in [0.5, 0.6) is 0 Å². The molecule has 1 rings (SSSR count). The Kier molecular flexibility index (Phi) is 5.41. The van der Waals surface area contributed by atoms with Crippen LogP contribution in [0.1, 0.15) is 18.6 Å². The van der Waals surface area contributed by atoms with Crippen molar-refractivity contribution in [3.05, 3.63) is 34.9 Å². The highest BCUT2D eigenvalue weighted by molar-refractivity contribution is 6.30. The van der Waals surface area contributed by atoms with Crippen LogP contribution in [0.25, 0.3) is 0 Å². The summed E-state index contributed by atoms with van der Waals surface area (Å²) >= 11 is 5.90. The first-order valence-corrected chi connectivity index (χ1v) is 5.74. The third kappa shape index (κ3) is 4.34. The van der Waals surface area contributed by atoms with Gasteiger partial charge < -0.3 is 15.8 Å². The summed E-state index contributed by atoms with van der Waals surface area (Å²) in [6.45, 7) is 2.01. The fourth-order valence-electron chi connectivity index (χ4n) is 1.40. The molecule has 0 saturated heterocycles. The Morgan fingerprint density at radius 2 is 2.29 bits per heavy atom. The monoisotopic (exact) mass is 256 g/mol. The van der Waals surface area contributed by atoms with E-state index in [0.717, 1.165) is 5.56 Å². The molecule has 0 aromatic heterocycles. The molecule has 1 unspecified atom stereocenters. The molecule has 3 N–H and O–H groups in total. The van der Waals surface area contributed by atoms with Crippen LogP contribution in [0.2, 0.25) is 5.02 Å². The normalized spacial score (nSPS) is 14.1. The number of amides is 1. The number of halogens is 1. The Hall–Kier alpha value is -1.10. The first kappa shape index (κ1) is 14.0. The van der Waals surface area contributed by atoms with Crippen molar-refractivity contribution in [3.8, 4) is 0 Å². The number of methoxy groups -OCH3 is 1. The van der Waals surface area contributed by atoms with Gasteiger partial charge in [-0.25, -0.2) is 0 Å². The average molecular weight is 257 g/mol. The number of rotatable bonds is 5. The van der Waals surface area contributed by atoms with Gasteiger partial charge >= 0.3 is 0 Å². The summed E-state index contributed by atoms with van der Waals surface area (Å²) < 4.78 is 5.31. The first-order valence-electron chi connectivity index (χ1n) is 5.36. The van der Waals surface area contributed by atoms with Gasteiger partial charge in [0.1, 0.15) is 0 Å². The molecule has 1 aromatic rings. The maximum absolute atomic E-state index is 11.3. The van der Waals surface area contributed by atoms with Gasteiger partial charge in [-0.3, -0.25) is 4.79 Å². The lowest BCUT2D eigenvalue weighted by molar-refractivity contribution is -0.122. The summed E-state index contributed by atoms with van der Waals surface area (Å²) in [5, 5.41) is 3.36. The number of hydrogen-bond donors (Lipinski definition) is 2. The minimum Gasteiger partial charge on any atom is -0.375 e. The van der Waals surface area contributed by atoms with Gasteiger partial charge in [-0.1, -0.05) is 23.7 Å². The van der Waals surface area contributed by atoms with Crippen LogP contribution in [-0.4, -0.2) is 25.6 Å². The van der Waals surface area contributed by atoms with Crippen molar-refractivity contribution in [3.63, 3.8) is 0 Å². The number of benzene rings is 1. The van der Waals surface area contributed by atoms with Crippen molar-refractivity contribution >= 4 is 17.5 Å². The van der Waals surface area contributed by atoms with Crippen molar-refractivity contribution < 1.29 is 9.53 Å². The highest BCUT2D eigenvalue weighted by atomic mass is 35.5. The van der Waals surface area contributed by atoms with E-state index in [1.807, 2.05) is 18.2 Å². The molecule has 1 amide bonds. The summed E-state index contributed by atoms with van der Waals surface area (Å²) in [6.07, 6.45) is -0.226. The smallest absolute Gasteiger partial charge is 0.236 e. The minimum atomic E-state index is -0.521. The van der Waals surface area contributed by atoms with Gasteiger partial charge in [0.25, 0.3) is 0 Å². The SMILES string of the molecule is COC(CNC(=O)[C@@H](C)N)c1cccc(Cl)c1. The van der Waals surface area contributed by atoms with Crippen molar-refractivity contribution in [2.45, 2.75) is 19.1 Å². The van der Waals surface area contributed by atoms with E-state index in [1.54, 1.807) is 20.1 Å². The molecule has 5 heteroatoms. The second-order valence-electron chi connectivity index (χ2n) is 3.81. The first-order chi connectivity index (χ1) is 8.04. The van der Waals surface area contributed by atoms with E-state index in [1.165, 1.54) is 0 Å². The van der Waals surface area contributed by atoms with E-state index in [4.69, 9.17) is 22.1 Å². The topological polar surface area (TPSA) is 64.3 Å². The van der Waals surface area contributed by atoms with Gasteiger partial charge in [0.05, 0.1) is 12.1 Å². The van der Waals surface area contributed by atoms with E-state index in [-0.39, 0.29) is 12.0 Å². The highest BCUT2D eigenvalue weighted by Gasteiger charge is 2.13. The summed E-state index contributed by atoms with van der Waals surface area (Å²) in [5.74, 6) is -0.200. The molecular formula is C12H17ClN2O2. The Morgan fingerprint density at radius 1 is 1.59 bits per heavy atom. The molecular weight excluding hydrogens is 240 g/mol. The van der Waals surface area contributed by atoms with E-state index >= 15 is 0 Å². The molecule has 17 heavy (non-hydrogen) atoms. The zero-order valence-corrected chi connectivity index (χ0v) is 10.7. The largest absolute Gasteiger partial charge is 0.375 e. The fraction of sp³-hybridized carbons (Fsp3) is 0.417. The molecule has 0 heterocycles. The molecule has 0 bridgehead atoms. The maximum atomic E-state index is 11.3. The van der Waals surface area contributed by atoms with E-state index in [9.17, 15) is 4.79 Å². The van der Waals surface area contributed by atoms with Crippen LogP contribution < -0.4 is 11.1 Å². The quantitative estimate of drug-likeness (QED) is 0.839. The molecule has 4 nitrogen and oxygen atoms in total. The number of nitrogens with one attached hydrogen (secondary N) is 1. The lowest BCUT2D eigenvalue weighted by Gasteiger charge is -2.17. The molecule has 0 fully saturated rings. The molecule has 2 atom stereocenters. The fourth-order valence-corrected chi connectivity index (χ4v) is 1.60. The van der Waals surface area contributed by atoms with Crippen molar-refractivity contribution in [2.24, 2.45) is 5.73 Å². The second-order valence-corrected chi connectivity index (χ2v) is 4.25. The molecule has 0 aliphatic heterocycles. The number of carbonyl (C=O) groups excluding carboxylic acids is 1. The predicted molar refractivity (Wildman–Crippen MR) is 67.9 cm³/mol. The predicted octanol–water partition coefficient (Wildman–Crippen LogP) is 1.49. The van der Waals surface area contributed by atoms with Crippen molar-refractivity contribution in [1.82, 2.24) is 5.32 Å². The summed E-state index contributed by atoms with van der Waals surface area (Å²) in [5.41, 5.74) is 6.37. The van der Waals surface area contributed by atoms with Crippen LogP contribution in [0, 0.1) is 0 Å². The Bertz CT molecular complexity index is 383. The number of carbonyl (C=O) groups is 1. The molecule has 0 aliphatic rings. The highest BCUT2D eigenvalue weighted by Crippen LogP contribution is 2.19. The lowest BCUT2D eigenvalue weighted by atomic mass is 10.1. The van der Waals surface area contributed by atoms with Crippen LogP contribution in [0.4, 0.5) is 0 Å². The standard InChI is InChI=1S/C12H17ClN2O2/c1-8(14)12(16)15-7-11(17-2)9-4-3-5-10(13)6-9/h3-6,8,11H,7,14H2,1-2H3,(H,15,16)/t8-,11?/m1/s1. The van der Waals surface area contributed by atoms with Crippen LogP contribution in [0.3, 0.4) is 0 Å². The van der Waals surface area contributed by atoms with Gasteiger partial charge in [0.2, 0.25) is 5.91 Å². The Balaban J connectivity index is 2.63. The molecule has 0 spiro atoms. The van der Waals surface area contributed by atoms with Gasteiger partial charge in [0, 0.05) is 18.7 Å². The van der Waals surface area contributed by atoms with Crippen molar-refractivity contribution in [2.75, 3.05) is 13.7 Å². The average Bonchev–Trinajstić information content (AvgIpc) is 2.29. The lowest BCUT2D eigenvalue weighted by Crippen LogP contribution is -2.40. The Morgan fingerprint density at radius 3 is 2.82 bits per heavy atom. The molecule has 94 valence electrons. The van der Waals surface area contributed by atoms with E-state index < -0.39 is 6.04 Å². The van der Waals surface area contributed by atoms with Gasteiger partial charge in [0.15, 0.2) is 0 Å². The maximum Gasteiger partial charge on any atom is 0.236 e. The summed E-state index contributed by atoms with van der Waals surface area (Å²) in [4.78, 5) is 11.3. The van der Waals surface area contributed by atoms with Gasteiger partial charge in [-0.15, -0.1) is 0 Å². The van der Waals surface area contributed by atoms with Crippen molar-refractivity contribution in [1.29, 1.82) is 0 Å².